The van der Waals surface area contributed by atoms with Gasteiger partial charge >= 0.3 is 0 Å². The van der Waals surface area contributed by atoms with Crippen LogP contribution >= 0.6 is 15.9 Å². The van der Waals surface area contributed by atoms with Crippen molar-refractivity contribution < 1.29 is 29.6 Å². The minimum Gasteiger partial charge on any atom is -0.394 e. The van der Waals surface area contributed by atoms with Gasteiger partial charge in [-0.05, 0) is 6.92 Å². The Morgan fingerprint density at radius 1 is 1.48 bits per heavy atom. The first-order valence-electron chi connectivity index (χ1n) is 8.31. The lowest BCUT2D eigenvalue weighted by Crippen LogP contribution is -2.44. The van der Waals surface area contributed by atoms with Gasteiger partial charge < -0.3 is 34.7 Å². The molecule has 0 radical (unpaired) electrons. The number of aromatic nitrogens is 3. The van der Waals surface area contributed by atoms with E-state index in [0.717, 1.165) is 0 Å². The molecule has 4 rings (SSSR count). The van der Waals surface area contributed by atoms with Crippen LogP contribution in [-0.2, 0) is 14.3 Å². The number of nitrogens with zero attached hydrogens (tertiary/aromatic N) is 3. The zero-order valence-electron chi connectivity index (χ0n) is 14.5. The molecule has 1 fully saturated rings. The van der Waals surface area contributed by atoms with Crippen molar-refractivity contribution in [1.29, 1.82) is 0 Å². The summed E-state index contributed by atoms with van der Waals surface area (Å²) in [7, 11) is 1.48. The fourth-order valence-corrected chi connectivity index (χ4v) is 4.34. The Bertz CT molecular complexity index is 902. The molecule has 2 aromatic rings. The van der Waals surface area contributed by atoms with Crippen molar-refractivity contribution in [3.8, 4) is 0 Å². The summed E-state index contributed by atoms with van der Waals surface area (Å²) in [6, 6.07) is 0. The molecule has 2 aliphatic heterocycles. The topological polar surface area (TPSA) is 139 Å². The number of aliphatic hydroxyl groups excluding tert-OH is 2. The number of halogens is 1. The van der Waals surface area contributed by atoms with Crippen molar-refractivity contribution in [3.63, 3.8) is 0 Å². The molecule has 0 aliphatic carbocycles. The second-order valence-corrected chi connectivity index (χ2v) is 7.83. The molecule has 146 valence electrons. The van der Waals surface area contributed by atoms with E-state index in [9.17, 15) is 20.1 Å². The van der Waals surface area contributed by atoms with Gasteiger partial charge in [-0.3, -0.25) is 4.79 Å². The number of hydrogen-bond donors (Lipinski definition) is 4. The second kappa shape index (κ2) is 6.47. The molecule has 0 bridgehead atoms. The van der Waals surface area contributed by atoms with Gasteiger partial charge in [0.2, 0.25) is 5.91 Å². The predicted octanol–water partition coefficient (Wildman–Crippen LogP) is -0.164. The van der Waals surface area contributed by atoms with Crippen LogP contribution in [0.5, 0.6) is 0 Å². The number of carbonyl (C=O) groups excluding carboxylic acids is 1. The molecule has 2 aromatic heterocycles. The maximum absolute atomic E-state index is 12.3. The van der Waals surface area contributed by atoms with Crippen molar-refractivity contribution in [2.75, 3.05) is 19.0 Å². The third-order valence-electron chi connectivity index (χ3n) is 5.14. The number of hydrogen-bond acceptors (Lipinski definition) is 8. The van der Waals surface area contributed by atoms with E-state index < -0.39 is 41.6 Å². The average molecular weight is 443 g/mol. The molecule has 1 amide bonds. The van der Waals surface area contributed by atoms with Gasteiger partial charge in [-0.2, -0.15) is 0 Å². The van der Waals surface area contributed by atoms with Crippen molar-refractivity contribution >= 4 is 38.7 Å². The van der Waals surface area contributed by atoms with Gasteiger partial charge in [0.15, 0.2) is 6.23 Å². The molecule has 2 aliphatic rings. The van der Waals surface area contributed by atoms with Crippen molar-refractivity contribution in [3.05, 3.63) is 18.1 Å². The lowest BCUT2D eigenvalue weighted by molar-refractivity contribution is -0.117. The molecule has 11 heteroatoms. The van der Waals surface area contributed by atoms with Gasteiger partial charge in [0.25, 0.3) is 0 Å². The number of alkyl halides is 1. The monoisotopic (exact) mass is 442 g/mol. The van der Waals surface area contributed by atoms with Crippen LogP contribution in [0.1, 0.15) is 24.8 Å². The normalized spacial score (nSPS) is 36.1. The number of nitrogens with one attached hydrogen (secondary N) is 1. The highest BCUT2D eigenvalue weighted by Gasteiger charge is 2.53. The number of carbonyl (C=O) groups is 1. The molecule has 1 saturated heterocycles. The standard InChI is InChI=1S/C16H19BrN4O6/c1-16(25)11(23)7(4-22)27-15(16)21-3-6-8-12(18-5-19-13(8)21)20-14(24)9(17)10(6)26-2/h3,5,7,9-11,15,22-23,25H,4H2,1-2H3,(H,18,19,20,24)/t7-,9?,10?,11-,15-,16-/m1/s1. The number of anilines is 1. The van der Waals surface area contributed by atoms with Crippen LogP contribution in [0.25, 0.3) is 11.0 Å². The molecule has 0 aromatic carbocycles. The molecule has 27 heavy (non-hydrogen) atoms. The lowest BCUT2D eigenvalue weighted by atomic mass is 9.96. The van der Waals surface area contributed by atoms with E-state index in [-0.39, 0.29) is 5.91 Å². The Morgan fingerprint density at radius 2 is 2.22 bits per heavy atom. The van der Waals surface area contributed by atoms with Crippen LogP contribution in [0.3, 0.4) is 0 Å². The summed E-state index contributed by atoms with van der Waals surface area (Å²) < 4.78 is 12.8. The van der Waals surface area contributed by atoms with E-state index in [0.29, 0.717) is 22.4 Å². The Morgan fingerprint density at radius 3 is 2.85 bits per heavy atom. The van der Waals surface area contributed by atoms with E-state index in [4.69, 9.17) is 9.47 Å². The zero-order chi connectivity index (χ0) is 19.5. The van der Waals surface area contributed by atoms with E-state index >= 15 is 0 Å². The SMILES string of the molecule is COC1c2cn([C@@H]3O[C@H](CO)[C@@H](O)[C@@]3(C)O)c3ncnc(c23)NC(=O)C1Br. The summed E-state index contributed by atoms with van der Waals surface area (Å²) in [5.74, 6) is 0.0177. The number of aliphatic hydroxyl groups is 3. The van der Waals surface area contributed by atoms with Gasteiger partial charge in [0, 0.05) is 18.9 Å². The molecular weight excluding hydrogens is 424 g/mol. The Kier molecular flexibility index (Phi) is 4.48. The molecule has 0 spiro atoms. The predicted molar refractivity (Wildman–Crippen MR) is 96.2 cm³/mol. The number of amides is 1. The highest BCUT2D eigenvalue weighted by molar-refractivity contribution is 9.10. The number of methoxy groups -OCH3 is 1. The van der Waals surface area contributed by atoms with Crippen molar-refractivity contribution in [2.24, 2.45) is 0 Å². The Balaban J connectivity index is 1.93. The van der Waals surface area contributed by atoms with E-state index in [2.05, 4.69) is 31.2 Å². The Labute approximate surface area is 162 Å². The summed E-state index contributed by atoms with van der Waals surface area (Å²) >= 11 is 3.35. The maximum Gasteiger partial charge on any atom is 0.242 e. The molecular formula is C16H19BrN4O6. The first-order valence-corrected chi connectivity index (χ1v) is 9.22. The quantitative estimate of drug-likeness (QED) is 0.480. The molecule has 0 saturated carbocycles. The van der Waals surface area contributed by atoms with E-state index in [1.807, 2.05) is 0 Å². The Hall–Kier alpha value is -1.63. The first-order chi connectivity index (χ1) is 12.8. The summed E-state index contributed by atoms with van der Waals surface area (Å²) in [5.41, 5.74) is -0.648. The minimum absolute atomic E-state index is 0.301. The minimum atomic E-state index is -1.68. The van der Waals surface area contributed by atoms with Gasteiger partial charge in [0.1, 0.15) is 46.5 Å². The summed E-state index contributed by atoms with van der Waals surface area (Å²) in [6.45, 7) is 0.987. The third-order valence-corrected chi connectivity index (χ3v) is 6.04. The largest absolute Gasteiger partial charge is 0.394 e. The van der Waals surface area contributed by atoms with Crippen molar-refractivity contribution in [1.82, 2.24) is 14.5 Å². The number of ether oxygens (including phenoxy) is 2. The summed E-state index contributed by atoms with van der Waals surface area (Å²) in [5, 5.41) is 33.8. The third kappa shape index (κ3) is 2.61. The summed E-state index contributed by atoms with van der Waals surface area (Å²) in [6.07, 6.45) is -0.919. The van der Waals surface area contributed by atoms with Crippen molar-refractivity contribution in [2.45, 2.75) is 41.9 Å². The average Bonchev–Trinajstić information content (AvgIpc) is 3.08. The highest BCUT2D eigenvalue weighted by atomic mass is 79.9. The van der Waals surface area contributed by atoms with E-state index in [1.165, 1.54) is 20.4 Å². The number of rotatable bonds is 3. The molecule has 6 atom stereocenters. The second-order valence-electron chi connectivity index (χ2n) is 6.84. The smallest absolute Gasteiger partial charge is 0.242 e. The van der Waals surface area contributed by atoms with Crippen LogP contribution in [0.2, 0.25) is 0 Å². The van der Waals surface area contributed by atoms with Gasteiger partial charge in [-0.25, -0.2) is 9.97 Å². The van der Waals surface area contributed by atoms with E-state index in [1.54, 1.807) is 10.8 Å². The molecule has 4 heterocycles. The highest BCUT2D eigenvalue weighted by Crippen LogP contribution is 2.44. The first kappa shape index (κ1) is 18.7. The maximum atomic E-state index is 12.3. The van der Waals surface area contributed by atoms with Crippen LogP contribution in [0.4, 0.5) is 5.82 Å². The van der Waals surface area contributed by atoms with Crippen LogP contribution in [0, 0.1) is 0 Å². The fourth-order valence-electron chi connectivity index (χ4n) is 3.72. The van der Waals surface area contributed by atoms with Gasteiger partial charge in [-0.1, -0.05) is 15.9 Å². The molecule has 10 nitrogen and oxygen atoms in total. The fraction of sp³-hybridized carbons (Fsp3) is 0.562. The van der Waals surface area contributed by atoms with Crippen LogP contribution in [0.15, 0.2) is 12.5 Å². The van der Waals surface area contributed by atoms with Crippen LogP contribution < -0.4 is 5.32 Å². The van der Waals surface area contributed by atoms with Gasteiger partial charge in [-0.15, -0.1) is 0 Å². The van der Waals surface area contributed by atoms with Crippen LogP contribution in [-0.4, -0.2) is 72.1 Å². The zero-order valence-corrected chi connectivity index (χ0v) is 16.1. The lowest BCUT2D eigenvalue weighted by Gasteiger charge is -2.28. The van der Waals surface area contributed by atoms with Gasteiger partial charge in [0.05, 0.1) is 12.0 Å². The summed E-state index contributed by atoms with van der Waals surface area (Å²) in [4.78, 5) is 20.1. The molecule has 4 N–H and O–H groups in total. The molecule has 2 unspecified atom stereocenters.